The Hall–Kier alpha value is -2.28. The van der Waals surface area contributed by atoms with E-state index in [9.17, 15) is 18.0 Å². The number of hydrogen-bond acceptors (Lipinski definition) is 4. The van der Waals surface area contributed by atoms with E-state index in [1.165, 1.54) is 36.4 Å². The number of Topliss-reactive ketones (excluding diaryl/α,β-unsaturated/α-hetero) is 2. The van der Waals surface area contributed by atoms with Gasteiger partial charge in [0.05, 0.1) is 4.90 Å². The number of carbonyl (C=O) groups is 2. The van der Waals surface area contributed by atoms with Gasteiger partial charge in [0.1, 0.15) is 5.25 Å². The topological polar surface area (TPSA) is 68.3 Å². The molecule has 1 unspecified atom stereocenters. The van der Waals surface area contributed by atoms with Gasteiger partial charge in [-0.1, -0.05) is 57.4 Å². The highest BCUT2D eigenvalue weighted by Gasteiger charge is 2.36. The van der Waals surface area contributed by atoms with Crippen LogP contribution in [0.2, 0.25) is 5.02 Å². The van der Waals surface area contributed by atoms with Crippen LogP contribution < -0.4 is 0 Å². The Kier molecular flexibility index (Phi) is 6.91. The van der Waals surface area contributed by atoms with Crippen molar-refractivity contribution < 1.29 is 18.0 Å². The predicted molar refractivity (Wildman–Crippen MR) is 121 cm³/mol. The fraction of sp³-hybridized carbons (Fsp3) is 0.130. The molecule has 0 amide bonds. The maximum Gasteiger partial charge on any atom is 0.189 e. The molecule has 0 aromatic heterocycles. The third-order valence-electron chi connectivity index (χ3n) is 4.68. The summed E-state index contributed by atoms with van der Waals surface area (Å²) in [4.78, 5) is 26.0. The van der Waals surface area contributed by atoms with Crippen molar-refractivity contribution in [1.29, 1.82) is 0 Å². The van der Waals surface area contributed by atoms with E-state index >= 15 is 0 Å². The zero-order valence-corrected chi connectivity index (χ0v) is 19.2. The van der Waals surface area contributed by atoms with Crippen molar-refractivity contribution in [2.24, 2.45) is 0 Å². The normalized spacial score (nSPS) is 12.4. The Bertz CT molecular complexity index is 1170. The number of aryl methyl sites for hydroxylation is 1. The lowest BCUT2D eigenvalue weighted by Crippen LogP contribution is -2.33. The quantitative estimate of drug-likeness (QED) is 0.386. The molecule has 7 heteroatoms. The summed E-state index contributed by atoms with van der Waals surface area (Å²) < 4.78 is 27.5. The molecule has 0 aliphatic rings. The van der Waals surface area contributed by atoms with Gasteiger partial charge < -0.3 is 0 Å². The monoisotopic (exact) mass is 504 g/mol. The third kappa shape index (κ3) is 5.06. The van der Waals surface area contributed by atoms with Gasteiger partial charge in [0.15, 0.2) is 21.4 Å². The van der Waals surface area contributed by atoms with Crippen molar-refractivity contribution in [2.45, 2.75) is 23.5 Å². The minimum Gasteiger partial charge on any atom is -0.294 e. The molecule has 0 bridgehead atoms. The van der Waals surface area contributed by atoms with Crippen molar-refractivity contribution in [3.8, 4) is 0 Å². The van der Waals surface area contributed by atoms with E-state index in [0.717, 1.165) is 10.0 Å². The summed E-state index contributed by atoms with van der Waals surface area (Å²) in [6.07, 6.45) is -0.459. The number of halogens is 2. The van der Waals surface area contributed by atoms with Crippen LogP contribution in [0, 0.1) is 6.92 Å². The Morgan fingerprint density at radius 1 is 0.867 bits per heavy atom. The molecule has 0 spiro atoms. The van der Waals surface area contributed by atoms with Gasteiger partial charge in [-0.15, -0.1) is 0 Å². The van der Waals surface area contributed by atoms with Gasteiger partial charge in [-0.25, -0.2) is 8.42 Å². The molecule has 0 heterocycles. The van der Waals surface area contributed by atoms with Crippen molar-refractivity contribution >= 4 is 48.9 Å². The van der Waals surface area contributed by atoms with Crippen LogP contribution in [0.3, 0.4) is 0 Å². The predicted octanol–water partition coefficient (Wildman–Crippen LogP) is 5.71. The molecule has 3 aromatic rings. The van der Waals surface area contributed by atoms with Crippen LogP contribution in [0.15, 0.2) is 82.2 Å². The van der Waals surface area contributed by atoms with Crippen LogP contribution in [0.25, 0.3) is 0 Å². The van der Waals surface area contributed by atoms with E-state index in [2.05, 4.69) is 15.9 Å². The van der Waals surface area contributed by atoms with Crippen LogP contribution in [-0.4, -0.2) is 25.2 Å². The Morgan fingerprint density at radius 2 is 1.40 bits per heavy atom. The summed E-state index contributed by atoms with van der Waals surface area (Å²) >= 11 is 9.19. The summed E-state index contributed by atoms with van der Waals surface area (Å²) in [5.41, 5.74) is 1.41. The maximum atomic E-state index is 13.3. The molecular weight excluding hydrogens is 488 g/mol. The average molecular weight is 506 g/mol. The first-order valence-electron chi connectivity index (χ1n) is 9.07. The Labute approximate surface area is 188 Å². The second-order valence-corrected chi connectivity index (χ2v) is 10.3. The van der Waals surface area contributed by atoms with Crippen LogP contribution in [0.4, 0.5) is 0 Å². The average Bonchev–Trinajstić information content (AvgIpc) is 2.72. The minimum atomic E-state index is -4.10. The molecule has 0 saturated carbocycles. The van der Waals surface area contributed by atoms with Gasteiger partial charge in [-0.3, -0.25) is 9.59 Å². The summed E-state index contributed by atoms with van der Waals surface area (Å²) in [5.74, 6) is -1.07. The first kappa shape index (κ1) is 22.4. The number of ketones is 2. The van der Waals surface area contributed by atoms with Gasteiger partial charge in [0, 0.05) is 27.0 Å². The fourth-order valence-electron chi connectivity index (χ4n) is 2.96. The molecular formula is C23H18BrClO4S. The van der Waals surface area contributed by atoms with Gasteiger partial charge in [-0.05, 0) is 55.5 Å². The SMILES string of the molecule is Cc1ccc(S(=O)(=O)C(CC(=O)c2ccc(Br)cc2)C(=O)c2ccc(Cl)cc2)cc1. The van der Waals surface area contributed by atoms with Gasteiger partial charge >= 0.3 is 0 Å². The van der Waals surface area contributed by atoms with Crippen molar-refractivity contribution in [3.63, 3.8) is 0 Å². The van der Waals surface area contributed by atoms with Gasteiger partial charge in [0.25, 0.3) is 0 Å². The highest BCUT2D eigenvalue weighted by Crippen LogP contribution is 2.25. The van der Waals surface area contributed by atoms with Crippen molar-refractivity contribution in [3.05, 3.63) is 99.0 Å². The van der Waals surface area contributed by atoms with E-state index in [-0.39, 0.29) is 10.5 Å². The zero-order valence-electron chi connectivity index (χ0n) is 16.0. The highest BCUT2D eigenvalue weighted by molar-refractivity contribution is 9.10. The van der Waals surface area contributed by atoms with Crippen molar-refractivity contribution in [1.82, 2.24) is 0 Å². The largest absolute Gasteiger partial charge is 0.294 e. The van der Waals surface area contributed by atoms with Crippen molar-refractivity contribution in [2.75, 3.05) is 0 Å². The number of hydrogen-bond donors (Lipinski definition) is 0. The molecule has 30 heavy (non-hydrogen) atoms. The first-order valence-corrected chi connectivity index (χ1v) is 11.8. The van der Waals surface area contributed by atoms with Crippen LogP contribution in [-0.2, 0) is 9.84 Å². The van der Waals surface area contributed by atoms with E-state index in [0.29, 0.717) is 10.6 Å². The Morgan fingerprint density at radius 3 is 1.97 bits per heavy atom. The smallest absolute Gasteiger partial charge is 0.189 e. The lowest BCUT2D eigenvalue weighted by Gasteiger charge is -2.17. The summed E-state index contributed by atoms with van der Waals surface area (Å²) in [5, 5.41) is -1.12. The fourth-order valence-corrected chi connectivity index (χ4v) is 4.98. The highest BCUT2D eigenvalue weighted by atomic mass is 79.9. The van der Waals surface area contributed by atoms with Crippen LogP contribution in [0.1, 0.15) is 32.7 Å². The molecule has 4 nitrogen and oxygen atoms in total. The van der Waals surface area contributed by atoms with Crippen LogP contribution >= 0.6 is 27.5 Å². The summed E-state index contributed by atoms with van der Waals surface area (Å²) in [7, 11) is -4.10. The molecule has 0 radical (unpaired) electrons. The number of benzene rings is 3. The van der Waals surface area contributed by atoms with Gasteiger partial charge in [-0.2, -0.15) is 0 Å². The molecule has 154 valence electrons. The van der Waals surface area contributed by atoms with E-state index in [1.807, 2.05) is 6.92 Å². The standard InChI is InChI=1S/C23H18BrClO4S/c1-15-2-12-20(13-3-15)30(28,29)22(23(27)17-6-10-19(25)11-7-17)14-21(26)16-4-8-18(24)9-5-16/h2-13,22H,14H2,1H3. The maximum absolute atomic E-state index is 13.3. The van der Waals surface area contributed by atoms with E-state index in [1.54, 1.807) is 36.4 Å². The Balaban J connectivity index is 2.02. The number of carbonyl (C=O) groups excluding carboxylic acids is 2. The summed E-state index contributed by atoms with van der Waals surface area (Å²) in [6.45, 7) is 1.84. The van der Waals surface area contributed by atoms with Crippen LogP contribution in [0.5, 0.6) is 0 Å². The molecule has 0 fully saturated rings. The molecule has 0 aliphatic heterocycles. The lowest BCUT2D eigenvalue weighted by molar-refractivity contribution is 0.0920. The number of rotatable bonds is 7. The first-order chi connectivity index (χ1) is 14.2. The molecule has 3 rings (SSSR count). The van der Waals surface area contributed by atoms with E-state index < -0.39 is 33.1 Å². The van der Waals surface area contributed by atoms with Gasteiger partial charge in [0.2, 0.25) is 0 Å². The van der Waals surface area contributed by atoms with E-state index in [4.69, 9.17) is 11.6 Å². The molecule has 0 aliphatic carbocycles. The summed E-state index contributed by atoms with van der Waals surface area (Å²) in [6, 6.07) is 18.8. The molecule has 0 saturated heterocycles. The minimum absolute atomic E-state index is 0.00372. The zero-order chi connectivity index (χ0) is 21.9. The lowest BCUT2D eigenvalue weighted by atomic mass is 10.0. The second kappa shape index (κ2) is 9.25. The number of sulfone groups is 1. The molecule has 0 N–H and O–H groups in total. The molecule has 1 atom stereocenters. The molecule has 3 aromatic carbocycles. The second-order valence-electron chi connectivity index (χ2n) is 6.85. The third-order valence-corrected chi connectivity index (χ3v) is 7.52.